The van der Waals surface area contributed by atoms with Crippen LogP contribution in [0.5, 0.6) is 11.5 Å². The molecule has 0 bridgehead atoms. The van der Waals surface area contributed by atoms with E-state index in [0.717, 1.165) is 30.8 Å². The Bertz CT molecular complexity index is 477. The third-order valence-electron chi connectivity index (χ3n) is 3.49. The number of benzene rings is 1. The van der Waals surface area contributed by atoms with Gasteiger partial charge >= 0.3 is 0 Å². The molecule has 0 saturated carbocycles. The number of halogens is 1. The lowest BCUT2D eigenvalue weighted by atomic mass is 9.82. The summed E-state index contributed by atoms with van der Waals surface area (Å²) >= 11 is 0. The molecule has 5 nitrogen and oxygen atoms in total. The van der Waals surface area contributed by atoms with Crippen molar-refractivity contribution in [3.05, 3.63) is 23.3 Å². The second-order valence-electron chi connectivity index (χ2n) is 4.40. The highest BCUT2D eigenvalue weighted by Crippen LogP contribution is 2.38. The van der Waals surface area contributed by atoms with Crippen LogP contribution in [0.2, 0.25) is 0 Å². The molecule has 0 spiro atoms. The Morgan fingerprint density at radius 2 is 2.11 bits per heavy atom. The fourth-order valence-electron chi connectivity index (χ4n) is 2.52. The predicted octanol–water partition coefficient (Wildman–Crippen LogP) is 1.98. The van der Waals surface area contributed by atoms with Gasteiger partial charge in [0.1, 0.15) is 5.84 Å². The molecule has 1 aliphatic rings. The number of fused-ring (bicyclic) bond motifs is 1. The van der Waals surface area contributed by atoms with Gasteiger partial charge in [0, 0.05) is 11.5 Å². The summed E-state index contributed by atoms with van der Waals surface area (Å²) < 4.78 is 10.7. The van der Waals surface area contributed by atoms with Gasteiger partial charge in [-0.15, -0.1) is 12.4 Å². The van der Waals surface area contributed by atoms with Crippen LogP contribution in [-0.4, -0.2) is 25.3 Å². The summed E-state index contributed by atoms with van der Waals surface area (Å²) in [5, 5.41) is 11.8. The summed E-state index contributed by atoms with van der Waals surface area (Å²) in [5.41, 5.74) is 8.02. The number of hydrogen-bond donors (Lipinski definition) is 2. The van der Waals surface area contributed by atoms with Gasteiger partial charge in [-0.05, 0) is 30.9 Å². The summed E-state index contributed by atoms with van der Waals surface area (Å²) in [5.74, 6) is 1.95. The number of ether oxygens (including phenoxy) is 2. The van der Waals surface area contributed by atoms with Gasteiger partial charge in [0.05, 0.1) is 14.2 Å². The quantitative estimate of drug-likeness (QED) is 0.385. The van der Waals surface area contributed by atoms with Crippen LogP contribution in [0, 0.1) is 5.92 Å². The molecule has 1 aromatic carbocycles. The number of nitrogens with zero attached hydrogens (tertiary/aromatic N) is 1. The molecule has 0 aromatic heterocycles. The highest BCUT2D eigenvalue weighted by atomic mass is 35.5. The largest absolute Gasteiger partial charge is 0.493 e. The Hall–Kier alpha value is -1.62. The molecule has 0 amide bonds. The minimum Gasteiger partial charge on any atom is -0.493 e. The Kier molecular flexibility index (Phi) is 5.30. The summed E-state index contributed by atoms with van der Waals surface area (Å²) in [6.07, 6.45) is 2.47. The molecule has 1 unspecified atom stereocenters. The van der Waals surface area contributed by atoms with Crippen LogP contribution < -0.4 is 15.2 Å². The van der Waals surface area contributed by atoms with Crippen LogP contribution in [0.1, 0.15) is 17.5 Å². The average Bonchev–Trinajstić information content (AvgIpc) is 2.44. The minimum absolute atomic E-state index is 0. The molecule has 0 fully saturated rings. The first-order chi connectivity index (χ1) is 8.71. The number of hydrogen-bond acceptors (Lipinski definition) is 4. The fraction of sp³-hybridized carbons (Fsp3) is 0.462. The van der Waals surface area contributed by atoms with Crippen molar-refractivity contribution in [1.29, 1.82) is 0 Å². The highest BCUT2D eigenvalue weighted by Gasteiger charge is 2.25. The molecule has 0 saturated heterocycles. The Balaban J connectivity index is 0.00000180. The SMILES string of the molecule is COc1ccc2c(c1OC)CCC(/C(N)=N/O)C2.Cl. The van der Waals surface area contributed by atoms with Crippen LogP contribution in [0.3, 0.4) is 0 Å². The first kappa shape index (κ1) is 15.4. The number of amidine groups is 1. The van der Waals surface area contributed by atoms with Crippen LogP contribution in [0.4, 0.5) is 0 Å². The van der Waals surface area contributed by atoms with Gasteiger partial charge in [-0.1, -0.05) is 11.2 Å². The zero-order valence-electron chi connectivity index (χ0n) is 11.0. The Labute approximate surface area is 118 Å². The molecule has 1 aromatic rings. The van der Waals surface area contributed by atoms with E-state index in [9.17, 15) is 0 Å². The van der Waals surface area contributed by atoms with Crippen molar-refractivity contribution < 1.29 is 14.7 Å². The van der Waals surface area contributed by atoms with E-state index in [0.29, 0.717) is 5.84 Å². The third kappa shape index (κ3) is 2.87. The highest BCUT2D eigenvalue weighted by molar-refractivity contribution is 5.85. The molecular weight excluding hydrogens is 268 g/mol. The molecule has 1 atom stereocenters. The number of rotatable bonds is 3. The molecule has 3 N–H and O–H groups in total. The topological polar surface area (TPSA) is 77.1 Å². The zero-order chi connectivity index (χ0) is 13.1. The maximum absolute atomic E-state index is 8.74. The smallest absolute Gasteiger partial charge is 0.164 e. The van der Waals surface area contributed by atoms with Gasteiger partial charge in [-0.2, -0.15) is 0 Å². The maximum Gasteiger partial charge on any atom is 0.164 e. The summed E-state index contributed by atoms with van der Waals surface area (Å²) in [6, 6.07) is 3.92. The lowest BCUT2D eigenvalue weighted by molar-refractivity contribution is 0.312. The van der Waals surface area contributed by atoms with Crippen LogP contribution in [0.15, 0.2) is 17.3 Å². The van der Waals surface area contributed by atoms with E-state index in [1.165, 1.54) is 11.1 Å². The van der Waals surface area contributed by atoms with Crippen LogP contribution in [0.25, 0.3) is 0 Å². The predicted molar refractivity (Wildman–Crippen MR) is 75.7 cm³/mol. The van der Waals surface area contributed by atoms with Gasteiger partial charge < -0.3 is 20.4 Å². The molecule has 0 heterocycles. The molecule has 0 radical (unpaired) electrons. The van der Waals surface area contributed by atoms with Crippen molar-refractivity contribution in [2.24, 2.45) is 16.8 Å². The minimum atomic E-state index is 0. The van der Waals surface area contributed by atoms with Crippen molar-refractivity contribution in [3.63, 3.8) is 0 Å². The van der Waals surface area contributed by atoms with Gasteiger partial charge in [-0.25, -0.2) is 0 Å². The molecule has 6 heteroatoms. The molecule has 0 aliphatic heterocycles. The van der Waals surface area contributed by atoms with Crippen molar-refractivity contribution in [2.45, 2.75) is 19.3 Å². The van der Waals surface area contributed by atoms with Gasteiger partial charge in [0.2, 0.25) is 0 Å². The van der Waals surface area contributed by atoms with E-state index in [-0.39, 0.29) is 18.3 Å². The first-order valence-corrected chi connectivity index (χ1v) is 5.91. The monoisotopic (exact) mass is 286 g/mol. The van der Waals surface area contributed by atoms with E-state index in [1.807, 2.05) is 12.1 Å². The van der Waals surface area contributed by atoms with E-state index in [4.69, 9.17) is 20.4 Å². The van der Waals surface area contributed by atoms with Crippen molar-refractivity contribution in [2.75, 3.05) is 14.2 Å². The summed E-state index contributed by atoms with van der Waals surface area (Å²) in [4.78, 5) is 0. The number of nitrogens with two attached hydrogens (primary N) is 1. The average molecular weight is 287 g/mol. The number of oxime groups is 1. The summed E-state index contributed by atoms with van der Waals surface area (Å²) in [7, 11) is 3.28. The second kappa shape index (κ2) is 6.52. The van der Waals surface area contributed by atoms with Crippen molar-refractivity contribution in [1.82, 2.24) is 0 Å². The van der Waals surface area contributed by atoms with E-state index >= 15 is 0 Å². The van der Waals surface area contributed by atoms with Crippen LogP contribution in [-0.2, 0) is 12.8 Å². The first-order valence-electron chi connectivity index (χ1n) is 5.91. The standard InChI is InChI=1S/C13H18N2O3.ClH/c1-17-11-6-4-8-7-9(13(14)15-16)3-5-10(8)12(11)18-2;/h4,6,9,16H,3,5,7H2,1-2H3,(H2,14,15);1H. The van der Waals surface area contributed by atoms with E-state index in [2.05, 4.69) is 5.16 Å². The fourth-order valence-corrected chi connectivity index (χ4v) is 2.52. The normalized spacial score (nSPS) is 18.2. The molecule has 1 aliphatic carbocycles. The van der Waals surface area contributed by atoms with Gasteiger partial charge in [0.25, 0.3) is 0 Å². The number of methoxy groups -OCH3 is 2. The summed E-state index contributed by atoms with van der Waals surface area (Å²) in [6.45, 7) is 0. The van der Waals surface area contributed by atoms with E-state index < -0.39 is 0 Å². The third-order valence-corrected chi connectivity index (χ3v) is 3.49. The Morgan fingerprint density at radius 1 is 1.37 bits per heavy atom. The molecular formula is C13H19ClN2O3. The Morgan fingerprint density at radius 3 is 2.68 bits per heavy atom. The van der Waals surface area contributed by atoms with E-state index in [1.54, 1.807) is 14.2 Å². The van der Waals surface area contributed by atoms with Crippen LogP contribution >= 0.6 is 12.4 Å². The van der Waals surface area contributed by atoms with Crippen molar-refractivity contribution >= 4 is 18.2 Å². The van der Waals surface area contributed by atoms with Gasteiger partial charge in [0.15, 0.2) is 11.5 Å². The molecule has 106 valence electrons. The molecule has 2 rings (SSSR count). The maximum atomic E-state index is 8.74. The molecule has 19 heavy (non-hydrogen) atoms. The zero-order valence-corrected chi connectivity index (χ0v) is 11.9. The van der Waals surface area contributed by atoms with Gasteiger partial charge in [-0.3, -0.25) is 0 Å². The van der Waals surface area contributed by atoms with Crippen molar-refractivity contribution in [3.8, 4) is 11.5 Å². The second-order valence-corrected chi connectivity index (χ2v) is 4.40. The lowest BCUT2D eigenvalue weighted by Crippen LogP contribution is -2.29. The lowest BCUT2D eigenvalue weighted by Gasteiger charge is -2.25.